The van der Waals surface area contributed by atoms with Gasteiger partial charge in [-0.25, -0.2) is 4.79 Å². The van der Waals surface area contributed by atoms with E-state index in [1.54, 1.807) is 6.07 Å². The Kier molecular flexibility index (Phi) is 2.09. The molecule has 6 heteroatoms. The number of hydrogen-bond acceptors (Lipinski definition) is 4. The molecular formula is C11H10N4O2. The molecule has 3 aromatic rings. The molecular weight excluding hydrogens is 220 g/mol. The van der Waals surface area contributed by atoms with Crippen molar-refractivity contribution in [2.75, 3.05) is 0 Å². The summed E-state index contributed by atoms with van der Waals surface area (Å²) in [7, 11) is 0. The highest BCUT2D eigenvalue weighted by Gasteiger charge is 2.06. The van der Waals surface area contributed by atoms with Crippen LogP contribution in [-0.4, -0.2) is 15.2 Å². The Balaban J connectivity index is 2.13. The predicted octanol–water partition coefficient (Wildman–Crippen LogP) is 0.970. The number of benzene rings is 1. The summed E-state index contributed by atoms with van der Waals surface area (Å²) in [6.45, 7) is 0.414. The smallest absolute Gasteiger partial charge is 0.408 e. The molecule has 2 aromatic heterocycles. The zero-order chi connectivity index (χ0) is 11.8. The summed E-state index contributed by atoms with van der Waals surface area (Å²) in [5.74, 6) is -0.457. The van der Waals surface area contributed by atoms with Gasteiger partial charge < -0.3 is 10.2 Å². The van der Waals surface area contributed by atoms with Gasteiger partial charge in [0.2, 0.25) is 0 Å². The van der Waals surface area contributed by atoms with Crippen molar-refractivity contribution in [3.8, 4) is 11.3 Å². The maximum Gasteiger partial charge on any atom is 0.417 e. The first kappa shape index (κ1) is 9.86. The maximum absolute atomic E-state index is 11.0. The van der Waals surface area contributed by atoms with Crippen LogP contribution in [0.2, 0.25) is 0 Å². The number of hydrogen-bond donors (Lipinski definition) is 3. The molecule has 0 bridgehead atoms. The first-order chi connectivity index (χ1) is 8.26. The highest BCUT2D eigenvalue weighted by Crippen LogP contribution is 2.21. The van der Waals surface area contributed by atoms with E-state index in [4.69, 9.17) is 10.2 Å². The van der Waals surface area contributed by atoms with Crippen molar-refractivity contribution in [2.45, 2.75) is 6.54 Å². The highest BCUT2D eigenvalue weighted by molar-refractivity contribution is 5.79. The number of aromatic amines is 2. The van der Waals surface area contributed by atoms with Crippen LogP contribution in [0.3, 0.4) is 0 Å². The first-order valence-electron chi connectivity index (χ1n) is 5.14. The average Bonchev–Trinajstić information content (AvgIpc) is 2.92. The summed E-state index contributed by atoms with van der Waals surface area (Å²) < 4.78 is 4.93. The van der Waals surface area contributed by atoms with Crippen LogP contribution in [0.25, 0.3) is 22.4 Å². The van der Waals surface area contributed by atoms with Crippen molar-refractivity contribution in [2.24, 2.45) is 5.73 Å². The number of rotatable bonds is 2. The Hall–Kier alpha value is -2.34. The molecule has 3 rings (SSSR count). The number of H-pyrrole nitrogens is 2. The van der Waals surface area contributed by atoms with E-state index in [1.807, 2.05) is 18.2 Å². The van der Waals surface area contributed by atoms with Gasteiger partial charge >= 0.3 is 5.76 Å². The minimum atomic E-state index is -0.457. The summed E-state index contributed by atoms with van der Waals surface area (Å²) in [5, 5.41) is 6.98. The first-order valence-corrected chi connectivity index (χ1v) is 5.14. The third kappa shape index (κ3) is 1.64. The van der Waals surface area contributed by atoms with E-state index in [9.17, 15) is 4.79 Å². The van der Waals surface area contributed by atoms with Gasteiger partial charge in [-0.15, -0.1) is 0 Å². The number of aromatic nitrogens is 3. The lowest BCUT2D eigenvalue weighted by Crippen LogP contribution is -1.95. The van der Waals surface area contributed by atoms with Gasteiger partial charge in [0.05, 0.1) is 11.2 Å². The van der Waals surface area contributed by atoms with E-state index in [2.05, 4.69) is 15.2 Å². The van der Waals surface area contributed by atoms with Gasteiger partial charge in [0, 0.05) is 17.8 Å². The van der Waals surface area contributed by atoms with Gasteiger partial charge in [0.15, 0.2) is 5.58 Å². The van der Waals surface area contributed by atoms with E-state index >= 15 is 0 Å². The van der Waals surface area contributed by atoms with Crippen molar-refractivity contribution in [3.05, 3.63) is 40.5 Å². The van der Waals surface area contributed by atoms with Crippen molar-refractivity contribution in [1.29, 1.82) is 0 Å². The Morgan fingerprint density at radius 1 is 1.35 bits per heavy atom. The second-order valence-electron chi connectivity index (χ2n) is 3.71. The van der Waals surface area contributed by atoms with Gasteiger partial charge in [-0.3, -0.25) is 10.1 Å². The Morgan fingerprint density at radius 2 is 2.24 bits per heavy atom. The maximum atomic E-state index is 11.0. The molecule has 2 heterocycles. The van der Waals surface area contributed by atoms with Crippen molar-refractivity contribution < 1.29 is 4.42 Å². The molecule has 0 aliphatic carbocycles. The van der Waals surface area contributed by atoms with Gasteiger partial charge in [0.1, 0.15) is 0 Å². The molecule has 0 saturated heterocycles. The van der Waals surface area contributed by atoms with Crippen molar-refractivity contribution in [1.82, 2.24) is 15.2 Å². The summed E-state index contributed by atoms with van der Waals surface area (Å²) in [6.07, 6.45) is 0. The summed E-state index contributed by atoms with van der Waals surface area (Å²) in [4.78, 5) is 13.6. The van der Waals surface area contributed by atoms with Crippen LogP contribution >= 0.6 is 0 Å². The predicted molar refractivity (Wildman–Crippen MR) is 62.3 cm³/mol. The van der Waals surface area contributed by atoms with Crippen LogP contribution in [0.4, 0.5) is 0 Å². The van der Waals surface area contributed by atoms with Gasteiger partial charge in [-0.2, -0.15) is 5.10 Å². The van der Waals surface area contributed by atoms with E-state index in [-0.39, 0.29) is 0 Å². The number of nitrogens with one attached hydrogen (secondary N) is 2. The minimum absolute atomic E-state index is 0.414. The van der Waals surface area contributed by atoms with E-state index in [0.29, 0.717) is 17.6 Å². The van der Waals surface area contributed by atoms with Crippen LogP contribution in [-0.2, 0) is 6.54 Å². The lowest BCUT2D eigenvalue weighted by atomic mass is 10.1. The molecule has 1 aromatic carbocycles. The minimum Gasteiger partial charge on any atom is -0.408 e. The summed E-state index contributed by atoms with van der Waals surface area (Å²) in [6, 6.07) is 7.27. The Labute approximate surface area is 95.4 Å². The van der Waals surface area contributed by atoms with Crippen LogP contribution in [0, 0.1) is 0 Å². The Morgan fingerprint density at radius 3 is 3.00 bits per heavy atom. The third-order valence-corrected chi connectivity index (χ3v) is 2.57. The van der Waals surface area contributed by atoms with Crippen molar-refractivity contribution in [3.63, 3.8) is 0 Å². The second-order valence-corrected chi connectivity index (χ2v) is 3.71. The monoisotopic (exact) mass is 230 g/mol. The molecule has 0 amide bonds. The Bertz CT molecular complexity index is 722. The standard InChI is InChI=1S/C11H10N4O2/c12-5-7-4-8(15-14-7)6-1-2-10-9(3-6)13-11(16)17-10/h1-4H,5,12H2,(H,13,16)(H,14,15). The number of nitrogens with zero attached hydrogens (tertiary/aromatic N) is 1. The average molecular weight is 230 g/mol. The van der Waals surface area contributed by atoms with E-state index < -0.39 is 5.76 Å². The number of oxazole rings is 1. The van der Waals surface area contributed by atoms with Crippen LogP contribution in [0.1, 0.15) is 5.69 Å². The molecule has 4 N–H and O–H groups in total. The molecule has 0 aliphatic rings. The number of fused-ring (bicyclic) bond motifs is 1. The molecule has 6 nitrogen and oxygen atoms in total. The van der Waals surface area contributed by atoms with E-state index in [1.165, 1.54) is 0 Å². The fraction of sp³-hybridized carbons (Fsp3) is 0.0909. The zero-order valence-electron chi connectivity index (χ0n) is 8.86. The largest absolute Gasteiger partial charge is 0.417 e. The molecule has 0 unspecified atom stereocenters. The topological polar surface area (TPSA) is 101 Å². The van der Waals surface area contributed by atoms with Crippen LogP contribution in [0.5, 0.6) is 0 Å². The van der Waals surface area contributed by atoms with Crippen LogP contribution < -0.4 is 11.5 Å². The summed E-state index contributed by atoms with van der Waals surface area (Å²) in [5.41, 5.74) is 9.24. The normalized spacial score (nSPS) is 11.1. The number of nitrogens with two attached hydrogens (primary N) is 1. The molecule has 86 valence electrons. The third-order valence-electron chi connectivity index (χ3n) is 2.57. The lowest BCUT2D eigenvalue weighted by molar-refractivity contribution is 0.555. The van der Waals surface area contributed by atoms with Gasteiger partial charge in [-0.1, -0.05) is 0 Å². The van der Waals surface area contributed by atoms with Crippen molar-refractivity contribution >= 4 is 11.1 Å². The molecule has 0 spiro atoms. The quantitative estimate of drug-likeness (QED) is 0.610. The molecule has 0 saturated carbocycles. The fourth-order valence-electron chi connectivity index (χ4n) is 1.73. The highest BCUT2D eigenvalue weighted by atomic mass is 16.4. The molecule has 17 heavy (non-hydrogen) atoms. The van der Waals surface area contributed by atoms with E-state index in [0.717, 1.165) is 17.0 Å². The summed E-state index contributed by atoms with van der Waals surface area (Å²) >= 11 is 0. The van der Waals surface area contributed by atoms with Crippen LogP contribution in [0.15, 0.2) is 33.5 Å². The van der Waals surface area contributed by atoms with Gasteiger partial charge in [0.25, 0.3) is 0 Å². The SMILES string of the molecule is NCc1cc(-c2ccc3oc(=O)[nH]c3c2)n[nH]1. The second kappa shape index (κ2) is 3.60. The zero-order valence-corrected chi connectivity index (χ0v) is 8.86. The molecule has 0 fully saturated rings. The molecule has 0 radical (unpaired) electrons. The molecule has 0 atom stereocenters. The lowest BCUT2D eigenvalue weighted by Gasteiger charge is -1.94. The molecule has 0 aliphatic heterocycles. The fourth-order valence-corrected chi connectivity index (χ4v) is 1.73. The van der Waals surface area contributed by atoms with Gasteiger partial charge in [-0.05, 0) is 24.3 Å².